The lowest BCUT2D eigenvalue weighted by Crippen LogP contribution is -2.59. The third-order valence-corrected chi connectivity index (χ3v) is 4.88. The topological polar surface area (TPSA) is 15.3 Å². The highest BCUT2D eigenvalue weighted by atomic mass is 15.2. The average molecular weight is 288 g/mol. The summed E-state index contributed by atoms with van der Waals surface area (Å²) in [7, 11) is 0. The molecule has 0 amide bonds. The number of rotatable bonds is 5. The van der Waals surface area contributed by atoms with Crippen molar-refractivity contribution in [3.05, 3.63) is 35.4 Å². The van der Waals surface area contributed by atoms with Crippen molar-refractivity contribution in [2.45, 2.75) is 59.7 Å². The molecule has 0 aliphatic carbocycles. The summed E-state index contributed by atoms with van der Waals surface area (Å²) in [5.41, 5.74) is 2.88. The van der Waals surface area contributed by atoms with Gasteiger partial charge in [-0.25, -0.2) is 0 Å². The smallest absolute Gasteiger partial charge is 0.0247 e. The Morgan fingerprint density at radius 3 is 2.19 bits per heavy atom. The Balaban J connectivity index is 2.07. The zero-order valence-electron chi connectivity index (χ0n) is 14.4. The van der Waals surface area contributed by atoms with Crippen LogP contribution in [0.2, 0.25) is 0 Å². The van der Waals surface area contributed by atoms with Gasteiger partial charge < -0.3 is 5.32 Å². The van der Waals surface area contributed by atoms with Crippen LogP contribution in [0.5, 0.6) is 0 Å². The normalized spacial score (nSPS) is 24.0. The highest BCUT2D eigenvalue weighted by molar-refractivity contribution is 5.22. The predicted octanol–water partition coefficient (Wildman–Crippen LogP) is 3.70. The van der Waals surface area contributed by atoms with Gasteiger partial charge >= 0.3 is 0 Å². The Hall–Kier alpha value is -0.860. The van der Waals surface area contributed by atoms with E-state index < -0.39 is 0 Å². The largest absolute Gasteiger partial charge is 0.311 e. The van der Waals surface area contributed by atoms with Crippen molar-refractivity contribution in [3.63, 3.8) is 0 Å². The Morgan fingerprint density at radius 2 is 1.67 bits per heavy atom. The van der Waals surface area contributed by atoms with Gasteiger partial charge in [-0.15, -0.1) is 0 Å². The molecule has 0 saturated carbocycles. The summed E-state index contributed by atoms with van der Waals surface area (Å²) in [5, 5.41) is 3.74. The maximum Gasteiger partial charge on any atom is 0.0247 e. The first-order valence-corrected chi connectivity index (χ1v) is 8.56. The van der Waals surface area contributed by atoms with Crippen molar-refractivity contribution in [2.24, 2.45) is 11.8 Å². The molecule has 2 unspecified atom stereocenters. The minimum absolute atomic E-state index is 0.620. The number of hydrogen-bond donors (Lipinski definition) is 1. The molecule has 2 rings (SSSR count). The first kappa shape index (κ1) is 16.5. The van der Waals surface area contributed by atoms with Gasteiger partial charge in [-0.2, -0.15) is 0 Å². The molecular weight excluding hydrogens is 256 g/mol. The second-order valence-electron chi connectivity index (χ2n) is 7.17. The second kappa shape index (κ2) is 7.42. The third-order valence-electron chi connectivity index (χ3n) is 4.88. The first-order chi connectivity index (χ1) is 10.0. The van der Waals surface area contributed by atoms with E-state index in [1.165, 1.54) is 11.1 Å². The van der Waals surface area contributed by atoms with Gasteiger partial charge in [0, 0.05) is 31.7 Å². The van der Waals surface area contributed by atoms with Crippen LogP contribution in [-0.4, -0.2) is 30.1 Å². The number of nitrogens with zero attached hydrogens (tertiary/aromatic N) is 1. The van der Waals surface area contributed by atoms with E-state index in [4.69, 9.17) is 0 Å². The van der Waals surface area contributed by atoms with Gasteiger partial charge in [-0.3, -0.25) is 4.90 Å². The number of benzene rings is 1. The maximum absolute atomic E-state index is 3.74. The summed E-state index contributed by atoms with van der Waals surface area (Å²) < 4.78 is 0. The highest BCUT2D eigenvalue weighted by Crippen LogP contribution is 2.21. The van der Waals surface area contributed by atoms with E-state index in [0.717, 1.165) is 26.1 Å². The van der Waals surface area contributed by atoms with E-state index in [9.17, 15) is 0 Å². The standard InChI is InChI=1S/C19H32N2/c1-6-16-7-9-17(10-8-16)12-21-13-18(14(2)3)20-11-19(21)15(4)5/h7-10,14-15,18-20H,6,11-13H2,1-5H3. The van der Waals surface area contributed by atoms with Gasteiger partial charge in [-0.1, -0.05) is 58.9 Å². The molecule has 21 heavy (non-hydrogen) atoms. The van der Waals surface area contributed by atoms with E-state index in [0.29, 0.717) is 23.9 Å². The van der Waals surface area contributed by atoms with Gasteiger partial charge in [0.05, 0.1) is 0 Å². The molecule has 0 radical (unpaired) electrons. The minimum atomic E-state index is 0.620. The van der Waals surface area contributed by atoms with Crippen LogP contribution in [-0.2, 0) is 13.0 Å². The van der Waals surface area contributed by atoms with Crippen molar-refractivity contribution in [3.8, 4) is 0 Å². The van der Waals surface area contributed by atoms with Crippen LogP contribution in [0.25, 0.3) is 0 Å². The minimum Gasteiger partial charge on any atom is -0.311 e. The maximum atomic E-state index is 3.74. The molecule has 1 heterocycles. The van der Waals surface area contributed by atoms with Crippen LogP contribution in [0.1, 0.15) is 45.7 Å². The molecule has 118 valence electrons. The van der Waals surface area contributed by atoms with E-state index in [-0.39, 0.29) is 0 Å². The lowest BCUT2D eigenvalue weighted by molar-refractivity contribution is 0.0784. The van der Waals surface area contributed by atoms with E-state index in [1.54, 1.807) is 0 Å². The fourth-order valence-electron chi connectivity index (χ4n) is 3.25. The Labute approximate surface area is 130 Å². The summed E-state index contributed by atoms with van der Waals surface area (Å²) in [6, 6.07) is 10.4. The quantitative estimate of drug-likeness (QED) is 0.888. The SMILES string of the molecule is CCc1ccc(CN2CC(C(C)C)NCC2C(C)C)cc1. The molecule has 2 nitrogen and oxygen atoms in total. The molecule has 1 aromatic carbocycles. The molecule has 1 N–H and O–H groups in total. The molecule has 0 spiro atoms. The van der Waals surface area contributed by atoms with Crippen molar-refractivity contribution < 1.29 is 0 Å². The Kier molecular flexibility index (Phi) is 5.83. The zero-order valence-corrected chi connectivity index (χ0v) is 14.4. The van der Waals surface area contributed by atoms with Crippen molar-refractivity contribution in [2.75, 3.05) is 13.1 Å². The van der Waals surface area contributed by atoms with E-state index in [2.05, 4.69) is 69.1 Å². The van der Waals surface area contributed by atoms with Crippen LogP contribution < -0.4 is 5.32 Å². The molecule has 1 fully saturated rings. The fraction of sp³-hybridized carbons (Fsp3) is 0.684. The summed E-state index contributed by atoms with van der Waals surface area (Å²) in [4.78, 5) is 2.69. The summed E-state index contributed by atoms with van der Waals surface area (Å²) in [6.07, 6.45) is 1.12. The van der Waals surface area contributed by atoms with Gasteiger partial charge in [0.15, 0.2) is 0 Å². The second-order valence-corrected chi connectivity index (χ2v) is 7.17. The van der Waals surface area contributed by atoms with Gasteiger partial charge in [-0.05, 0) is 29.4 Å². The molecular formula is C19H32N2. The van der Waals surface area contributed by atoms with Crippen LogP contribution >= 0.6 is 0 Å². The van der Waals surface area contributed by atoms with Gasteiger partial charge in [0.2, 0.25) is 0 Å². The van der Waals surface area contributed by atoms with Gasteiger partial charge in [0.1, 0.15) is 0 Å². The van der Waals surface area contributed by atoms with Crippen LogP contribution in [0.15, 0.2) is 24.3 Å². The third kappa shape index (κ3) is 4.31. The van der Waals surface area contributed by atoms with E-state index in [1.807, 2.05) is 0 Å². The van der Waals surface area contributed by atoms with Crippen LogP contribution in [0.4, 0.5) is 0 Å². The van der Waals surface area contributed by atoms with E-state index >= 15 is 0 Å². The Morgan fingerprint density at radius 1 is 1.05 bits per heavy atom. The molecule has 2 heteroatoms. The monoisotopic (exact) mass is 288 g/mol. The molecule has 1 saturated heterocycles. The lowest BCUT2D eigenvalue weighted by atomic mass is 9.93. The van der Waals surface area contributed by atoms with Crippen LogP contribution in [0.3, 0.4) is 0 Å². The van der Waals surface area contributed by atoms with Crippen molar-refractivity contribution in [1.82, 2.24) is 10.2 Å². The van der Waals surface area contributed by atoms with Crippen molar-refractivity contribution >= 4 is 0 Å². The number of hydrogen-bond acceptors (Lipinski definition) is 2. The zero-order chi connectivity index (χ0) is 15.4. The van der Waals surface area contributed by atoms with Crippen molar-refractivity contribution in [1.29, 1.82) is 0 Å². The molecule has 1 aromatic rings. The summed E-state index contributed by atoms with van der Waals surface area (Å²) >= 11 is 0. The molecule has 1 aliphatic rings. The number of aryl methyl sites for hydroxylation is 1. The Bertz CT molecular complexity index is 422. The first-order valence-electron chi connectivity index (χ1n) is 8.56. The summed E-state index contributed by atoms with van der Waals surface area (Å²) in [6.45, 7) is 14.9. The molecule has 0 bridgehead atoms. The van der Waals surface area contributed by atoms with Crippen LogP contribution in [0, 0.1) is 11.8 Å². The lowest BCUT2D eigenvalue weighted by Gasteiger charge is -2.43. The molecule has 2 atom stereocenters. The molecule has 0 aromatic heterocycles. The fourth-order valence-corrected chi connectivity index (χ4v) is 3.25. The molecule has 1 aliphatic heterocycles. The summed E-state index contributed by atoms with van der Waals surface area (Å²) in [5.74, 6) is 1.39. The predicted molar refractivity (Wildman–Crippen MR) is 91.5 cm³/mol. The number of nitrogens with one attached hydrogen (secondary N) is 1. The number of piperazine rings is 1. The van der Waals surface area contributed by atoms with Gasteiger partial charge in [0.25, 0.3) is 0 Å². The average Bonchev–Trinajstić information content (AvgIpc) is 2.47. The highest BCUT2D eigenvalue weighted by Gasteiger charge is 2.30.